The molecule has 154 valence electrons. The summed E-state index contributed by atoms with van der Waals surface area (Å²) in [5, 5.41) is 10.8. The predicted molar refractivity (Wildman–Crippen MR) is 118 cm³/mol. The molecule has 0 bridgehead atoms. The molecule has 0 atom stereocenters. The van der Waals surface area contributed by atoms with Crippen molar-refractivity contribution < 1.29 is 24.2 Å². The molecule has 0 aliphatic carbocycles. The van der Waals surface area contributed by atoms with Crippen LogP contribution in [0.4, 0.5) is 0 Å². The Labute approximate surface area is 184 Å². The van der Waals surface area contributed by atoms with E-state index in [-0.39, 0.29) is 17.7 Å². The zero-order valence-corrected chi connectivity index (χ0v) is 17.8. The number of cyclic esters (lactones) is 2. The molecule has 0 amide bonds. The molecule has 0 radical (unpaired) electrons. The third-order valence-corrected chi connectivity index (χ3v) is 6.10. The number of halogens is 1. The van der Waals surface area contributed by atoms with Gasteiger partial charge in [-0.1, -0.05) is 40.2 Å². The Morgan fingerprint density at radius 2 is 1.65 bits per heavy atom. The summed E-state index contributed by atoms with van der Waals surface area (Å²) in [6.45, 7) is -0.285. The number of aromatic nitrogens is 2. The van der Waals surface area contributed by atoms with E-state index in [2.05, 4.69) is 15.9 Å². The van der Waals surface area contributed by atoms with Gasteiger partial charge in [-0.3, -0.25) is 4.79 Å². The van der Waals surface area contributed by atoms with Gasteiger partial charge in [0, 0.05) is 51.3 Å². The zero-order chi connectivity index (χ0) is 21.9. The number of benzene rings is 2. The number of rotatable bonds is 4. The maximum absolute atomic E-state index is 12.8. The third-order valence-electron chi connectivity index (χ3n) is 5.44. The van der Waals surface area contributed by atoms with Gasteiger partial charge in [-0.25, -0.2) is 9.59 Å². The molecule has 2 aromatic carbocycles. The molecular formula is C23H15BrN2O5. The summed E-state index contributed by atoms with van der Waals surface area (Å²) in [4.78, 5) is 37.0. The molecule has 31 heavy (non-hydrogen) atoms. The molecule has 0 saturated heterocycles. The number of carboxylic acids is 1. The minimum absolute atomic E-state index is 0.127. The SMILES string of the molecule is Cn1cc(C2=C(c3cn(CC(=O)O)c4cccc(Br)c34)C(=O)OC2=O)c2ccccc21. The van der Waals surface area contributed by atoms with Crippen molar-refractivity contribution >= 4 is 66.8 Å². The van der Waals surface area contributed by atoms with Crippen LogP contribution in [0.5, 0.6) is 0 Å². The molecule has 1 aliphatic rings. The standard InChI is InChI=1S/C23H15BrN2O5/c1-25-9-13(12-5-2-3-7-16(12)25)20-21(23(30)31-22(20)29)14-10-26(11-18(27)28)17-8-4-6-15(24)19(14)17/h2-10H,11H2,1H3,(H,27,28). The summed E-state index contributed by atoms with van der Waals surface area (Å²) >= 11 is 3.50. The Morgan fingerprint density at radius 1 is 0.968 bits per heavy atom. The van der Waals surface area contributed by atoms with Gasteiger partial charge in [0.2, 0.25) is 0 Å². The van der Waals surface area contributed by atoms with E-state index in [1.807, 2.05) is 35.9 Å². The van der Waals surface area contributed by atoms with E-state index in [1.165, 1.54) is 0 Å². The Hall–Kier alpha value is -3.65. The average Bonchev–Trinajstić information content (AvgIpc) is 3.34. The lowest BCUT2D eigenvalue weighted by Gasteiger charge is -2.03. The predicted octanol–water partition coefficient (Wildman–Crippen LogP) is 3.97. The molecule has 7 nitrogen and oxygen atoms in total. The fourth-order valence-electron chi connectivity index (χ4n) is 4.20. The number of ether oxygens (including phenoxy) is 1. The fraction of sp³-hybridized carbons (Fsp3) is 0.0870. The van der Waals surface area contributed by atoms with Crippen molar-refractivity contribution in [1.82, 2.24) is 9.13 Å². The second-order valence-electron chi connectivity index (χ2n) is 7.30. The number of para-hydroxylation sites is 1. The van der Waals surface area contributed by atoms with Crippen LogP contribution in [-0.4, -0.2) is 32.1 Å². The summed E-state index contributed by atoms with van der Waals surface area (Å²) in [5.74, 6) is -2.49. The summed E-state index contributed by atoms with van der Waals surface area (Å²) in [7, 11) is 1.86. The number of carbonyl (C=O) groups is 3. The summed E-state index contributed by atoms with van der Waals surface area (Å²) in [5.41, 5.74) is 2.88. The second-order valence-corrected chi connectivity index (χ2v) is 8.15. The second kappa shape index (κ2) is 6.95. The first-order chi connectivity index (χ1) is 14.9. The highest BCUT2D eigenvalue weighted by Gasteiger charge is 2.38. The minimum atomic E-state index is -1.02. The van der Waals surface area contributed by atoms with Gasteiger partial charge in [0.15, 0.2) is 0 Å². The van der Waals surface area contributed by atoms with E-state index in [1.54, 1.807) is 35.2 Å². The van der Waals surface area contributed by atoms with Crippen molar-refractivity contribution in [3.8, 4) is 0 Å². The largest absolute Gasteiger partial charge is 0.480 e. The van der Waals surface area contributed by atoms with Crippen molar-refractivity contribution in [2.45, 2.75) is 6.54 Å². The number of carboxylic acid groups (broad SMARTS) is 1. The van der Waals surface area contributed by atoms with E-state index in [0.717, 1.165) is 10.9 Å². The maximum Gasteiger partial charge on any atom is 0.347 e. The summed E-state index contributed by atoms with van der Waals surface area (Å²) < 4.78 is 9.14. The molecule has 0 unspecified atom stereocenters. The number of carbonyl (C=O) groups excluding carboxylic acids is 2. The Balaban J connectivity index is 1.87. The molecule has 0 saturated carbocycles. The van der Waals surface area contributed by atoms with Crippen molar-refractivity contribution in [2.24, 2.45) is 7.05 Å². The number of fused-ring (bicyclic) bond motifs is 2. The van der Waals surface area contributed by atoms with Gasteiger partial charge in [0.1, 0.15) is 6.54 Å². The Morgan fingerprint density at radius 3 is 2.39 bits per heavy atom. The highest BCUT2D eigenvalue weighted by Crippen LogP contribution is 2.42. The lowest BCUT2D eigenvalue weighted by molar-refractivity contribution is -0.149. The first kappa shape index (κ1) is 19.3. The topological polar surface area (TPSA) is 90.5 Å². The molecule has 5 rings (SSSR count). The normalized spacial score (nSPS) is 14.1. The van der Waals surface area contributed by atoms with Crippen LogP contribution in [0, 0.1) is 0 Å². The molecule has 4 aromatic rings. The highest BCUT2D eigenvalue weighted by atomic mass is 79.9. The molecule has 3 heterocycles. The third kappa shape index (κ3) is 2.90. The molecule has 1 aliphatic heterocycles. The van der Waals surface area contributed by atoms with Gasteiger partial charge < -0.3 is 19.0 Å². The summed E-state index contributed by atoms with van der Waals surface area (Å²) in [6.07, 6.45) is 3.38. The zero-order valence-electron chi connectivity index (χ0n) is 16.3. The van der Waals surface area contributed by atoms with Gasteiger partial charge in [0.05, 0.1) is 16.7 Å². The summed E-state index contributed by atoms with van der Waals surface area (Å²) in [6, 6.07) is 12.9. The number of hydrogen-bond acceptors (Lipinski definition) is 4. The lowest BCUT2D eigenvalue weighted by atomic mass is 9.95. The van der Waals surface area contributed by atoms with Crippen LogP contribution in [0.3, 0.4) is 0 Å². The van der Waals surface area contributed by atoms with E-state index in [4.69, 9.17) is 4.74 Å². The van der Waals surface area contributed by atoms with Crippen molar-refractivity contribution in [1.29, 1.82) is 0 Å². The van der Waals surface area contributed by atoms with Crippen LogP contribution in [0.2, 0.25) is 0 Å². The molecule has 0 spiro atoms. The van der Waals surface area contributed by atoms with Crippen LogP contribution in [0.25, 0.3) is 33.0 Å². The monoisotopic (exact) mass is 478 g/mol. The van der Waals surface area contributed by atoms with Gasteiger partial charge >= 0.3 is 17.9 Å². The first-order valence-corrected chi connectivity index (χ1v) is 10.2. The van der Waals surface area contributed by atoms with Crippen LogP contribution in [0.15, 0.2) is 59.3 Å². The molecular weight excluding hydrogens is 464 g/mol. The van der Waals surface area contributed by atoms with Crippen LogP contribution < -0.4 is 0 Å². The Bertz CT molecular complexity index is 1470. The van der Waals surface area contributed by atoms with Crippen LogP contribution in [0.1, 0.15) is 11.1 Å². The smallest absolute Gasteiger partial charge is 0.347 e. The number of aliphatic carboxylic acids is 1. The highest BCUT2D eigenvalue weighted by molar-refractivity contribution is 9.10. The molecule has 2 aromatic heterocycles. The number of nitrogens with zero attached hydrogens (tertiary/aromatic N) is 2. The maximum atomic E-state index is 12.8. The number of hydrogen-bond donors (Lipinski definition) is 1. The molecule has 1 N–H and O–H groups in total. The van der Waals surface area contributed by atoms with Gasteiger partial charge in [-0.2, -0.15) is 0 Å². The van der Waals surface area contributed by atoms with E-state index in [0.29, 0.717) is 26.5 Å². The Kier molecular flexibility index (Phi) is 4.33. The minimum Gasteiger partial charge on any atom is -0.480 e. The van der Waals surface area contributed by atoms with Gasteiger partial charge in [-0.15, -0.1) is 0 Å². The van der Waals surface area contributed by atoms with Gasteiger partial charge in [0.25, 0.3) is 0 Å². The molecule has 0 fully saturated rings. The van der Waals surface area contributed by atoms with E-state index < -0.39 is 17.9 Å². The quantitative estimate of drug-likeness (QED) is 0.354. The number of esters is 2. The van der Waals surface area contributed by atoms with Crippen molar-refractivity contribution in [3.63, 3.8) is 0 Å². The fourth-order valence-corrected chi connectivity index (χ4v) is 4.76. The van der Waals surface area contributed by atoms with Crippen LogP contribution >= 0.6 is 15.9 Å². The number of aryl methyl sites for hydroxylation is 1. The average molecular weight is 479 g/mol. The van der Waals surface area contributed by atoms with E-state index >= 15 is 0 Å². The molecule has 8 heteroatoms. The van der Waals surface area contributed by atoms with Gasteiger partial charge in [-0.05, 0) is 18.2 Å². The van der Waals surface area contributed by atoms with Crippen molar-refractivity contribution in [2.75, 3.05) is 0 Å². The first-order valence-electron chi connectivity index (χ1n) is 9.41. The lowest BCUT2D eigenvalue weighted by Crippen LogP contribution is -2.07. The van der Waals surface area contributed by atoms with Crippen LogP contribution in [-0.2, 0) is 32.7 Å². The van der Waals surface area contributed by atoms with E-state index in [9.17, 15) is 19.5 Å². The van der Waals surface area contributed by atoms with Crippen molar-refractivity contribution in [3.05, 3.63) is 70.5 Å².